The maximum Gasteiger partial charge on any atom is 0.248 e. The van der Waals surface area contributed by atoms with Crippen molar-refractivity contribution in [2.24, 2.45) is 0 Å². The molecule has 2 heterocycles. The Morgan fingerprint density at radius 3 is 2.69 bits per heavy atom. The minimum absolute atomic E-state index is 0.0694. The fourth-order valence-electron chi connectivity index (χ4n) is 3.94. The molecular formula is C21H22N2O2S. The van der Waals surface area contributed by atoms with Crippen molar-refractivity contribution in [3.8, 4) is 0 Å². The van der Waals surface area contributed by atoms with Crippen molar-refractivity contribution in [2.75, 3.05) is 11.1 Å². The number of nitrogens with zero attached hydrogens (tertiary/aromatic N) is 1. The number of amides is 2. The summed E-state index contributed by atoms with van der Waals surface area (Å²) in [6, 6.07) is 15.5. The highest BCUT2D eigenvalue weighted by Crippen LogP contribution is 2.54. The van der Waals surface area contributed by atoms with Gasteiger partial charge in [0.25, 0.3) is 0 Å². The zero-order valence-corrected chi connectivity index (χ0v) is 15.8. The van der Waals surface area contributed by atoms with Crippen LogP contribution in [0.15, 0.2) is 48.5 Å². The molecule has 4 nitrogen and oxygen atoms in total. The van der Waals surface area contributed by atoms with Gasteiger partial charge in [0.15, 0.2) is 0 Å². The van der Waals surface area contributed by atoms with Gasteiger partial charge in [-0.3, -0.25) is 9.59 Å². The van der Waals surface area contributed by atoms with E-state index in [1.54, 1.807) is 11.8 Å². The van der Waals surface area contributed by atoms with Gasteiger partial charge < -0.3 is 10.2 Å². The lowest BCUT2D eigenvalue weighted by Crippen LogP contribution is -2.48. The van der Waals surface area contributed by atoms with Gasteiger partial charge in [-0.05, 0) is 43.0 Å². The van der Waals surface area contributed by atoms with Crippen LogP contribution in [0.5, 0.6) is 0 Å². The van der Waals surface area contributed by atoms with Crippen LogP contribution in [0.2, 0.25) is 0 Å². The highest BCUT2D eigenvalue weighted by atomic mass is 32.2. The second-order valence-corrected chi connectivity index (χ2v) is 8.28. The first-order valence-corrected chi connectivity index (χ1v) is 9.90. The number of hydrogen-bond acceptors (Lipinski definition) is 3. The number of anilines is 1. The highest BCUT2D eigenvalue weighted by Gasteiger charge is 2.56. The van der Waals surface area contributed by atoms with Crippen LogP contribution in [-0.2, 0) is 14.5 Å². The van der Waals surface area contributed by atoms with Gasteiger partial charge in [-0.1, -0.05) is 42.5 Å². The summed E-state index contributed by atoms with van der Waals surface area (Å²) in [4.78, 5) is 27.1. The fraction of sp³-hybridized carbons (Fsp3) is 0.333. The molecule has 2 atom stereocenters. The van der Waals surface area contributed by atoms with Crippen molar-refractivity contribution in [1.82, 2.24) is 4.90 Å². The Morgan fingerprint density at radius 2 is 1.92 bits per heavy atom. The Kier molecular flexibility index (Phi) is 4.27. The van der Waals surface area contributed by atoms with E-state index in [9.17, 15) is 9.59 Å². The molecular weight excluding hydrogens is 344 g/mol. The number of hydrogen-bond donors (Lipinski definition) is 1. The molecule has 0 unspecified atom stereocenters. The minimum atomic E-state index is -0.435. The smallest absolute Gasteiger partial charge is 0.248 e. The molecule has 5 heteroatoms. The average Bonchev–Trinajstić information content (AvgIpc) is 3.19. The molecule has 0 radical (unpaired) electrons. The molecule has 0 bridgehead atoms. The quantitative estimate of drug-likeness (QED) is 0.898. The van der Waals surface area contributed by atoms with Crippen LogP contribution in [0.4, 0.5) is 5.69 Å². The first kappa shape index (κ1) is 17.2. The Bertz CT molecular complexity index is 868. The summed E-state index contributed by atoms with van der Waals surface area (Å²) < 4.78 is 0. The van der Waals surface area contributed by atoms with Crippen LogP contribution in [-0.4, -0.2) is 28.5 Å². The average molecular weight is 366 g/mol. The molecule has 1 N–H and O–H groups in total. The zero-order valence-electron chi connectivity index (χ0n) is 15.0. The molecule has 0 aromatic heterocycles. The van der Waals surface area contributed by atoms with Crippen LogP contribution in [0.25, 0.3) is 0 Å². The standard InChI is InChI=1S/C21H22N2O2S/c1-14-7-6-10-17(15(14)2)22-20(25)18-13-26-21(12-11-19(24)23(18)21)16-8-4-3-5-9-16/h3-10,18H,11-13H2,1-2H3,(H,22,25)/t18-,21-/m1/s1. The molecule has 2 amide bonds. The molecule has 0 spiro atoms. The summed E-state index contributed by atoms with van der Waals surface area (Å²) in [5, 5.41) is 3.05. The summed E-state index contributed by atoms with van der Waals surface area (Å²) in [6.45, 7) is 4.03. The van der Waals surface area contributed by atoms with Crippen LogP contribution >= 0.6 is 11.8 Å². The Labute approximate surface area is 158 Å². The van der Waals surface area contributed by atoms with Gasteiger partial charge in [0, 0.05) is 17.9 Å². The second kappa shape index (κ2) is 6.47. The zero-order chi connectivity index (χ0) is 18.3. The van der Waals surface area contributed by atoms with E-state index in [1.807, 2.05) is 55.1 Å². The summed E-state index contributed by atoms with van der Waals surface area (Å²) in [5.74, 6) is 0.594. The number of carbonyl (C=O) groups excluding carboxylic acids is 2. The maximum absolute atomic E-state index is 13.0. The Morgan fingerprint density at radius 1 is 1.15 bits per heavy atom. The summed E-state index contributed by atoms with van der Waals surface area (Å²) in [5.41, 5.74) is 4.13. The number of thioether (sulfide) groups is 1. The minimum Gasteiger partial charge on any atom is -0.324 e. The van der Waals surface area contributed by atoms with E-state index in [2.05, 4.69) is 17.4 Å². The lowest BCUT2D eigenvalue weighted by atomic mass is 10.0. The molecule has 2 aromatic carbocycles. The van der Waals surface area contributed by atoms with Crippen molar-refractivity contribution in [1.29, 1.82) is 0 Å². The molecule has 2 aliphatic heterocycles. The van der Waals surface area contributed by atoms with E-state index in [4.69, 9.17) is 0 Å². The largest absolute Gasteiger partial charge is 0.324 e. The molecule has 4 rings (SSSR count). The van der Waals surface area contributed by atoms with Crippen LogP contribution < -0.4 is 5.32 Å². The molecule has 2 aromatic rings. The number of benzene rings is 2. The summed E-state index contributed by atoms with van der Waals surface area (Å²) in [6.07, 6.45) is 1.25. The van der Waals surface area contributed by atoms with Gasteiger partial charge >= 0.3 is 0 Å². The molecule has 26 heavy (non-hydrogen) atoms. The van der Waals surface area contributed by atoms with Gasteiger partial charge in [-0.2, -0.15) is 0 Å². The van der Waals surface area contributed by atoms with Gasteiger partial charge in [-0.15, -0.1) is 11.8 Å². The van der Waals surface area contributed by atoms with Gasteiger partial charge in [0.05, 0.1) is 0 Å². The number of nitrogens with one attached hydrogen (secondary N) is 1. The van der Waals surface area contributed by atoms with E-state index in [-0.39, 0.29) is 11.8 Å². The highest BCUT2D eigenvalue weighted by molar-refractivity contribution is 8.00. The first-order chi connectivity index (χ1) is 12.5. The third-order valence-corrected chi connectivity index (χ3v) is 7.11. The van der Waals surface area contributed by atoms with Gasteiger partial charge in [-0.25, -0.2) is 0 Å². The van der Waals surface area contributed by atoms with E-state index < -0.39 is 10.9 Å². The third-order valence-electron chi connectivity index (χ3n) is 5.52. The van der Waals surface area contributed by atoms with E-state index in [0.717, 1.165) is 28.8 Å². The van der Waals surface area contributed by atoms with E-state index in [0.29, 0.717) is 12.2 Å². The Hall–Kier alpha value is -2.27. The van der Waals surface area contributed by atoms with Crippen molar-refractivity contribution in [3.63, 3.8) is 0 Å². The molecule has 134 valence electrons. The molecule has 0 saturated carbocycles. The number of fused-ring (bicyclic) bond motifs is 1. The maximum atomic E-state index is 13.0. The summed E-state index contributed by atoms with van der Waals surface area (Å²) in [7, 11) is 0. The van der Waals surface area contributed by atoms with E-state index in [1.165, 1.54) is 0 Å². The molecule has 2 saturated heterocycles. The predicted octanol–water partition coefficient (Wildman–Crippen LogP) is 3.83. The molecule has 0 aliphatic carbocycles. The normalized spacial score (nSPS) is 24.6. The van der Waals surface area contributed by atoms with Crippen LogP contribution in [0.3, 0.4) is 0 Å². The predicted molar refractivity (Wildman–Crippen MR) is 105 cm³/mol. The molecule has 2 fully saturated rings. The fourth-order valence-corrected chi connectivity index (χ4v) is 5.59. The number of carbonyl (C=O) groups is 2. The lowest BCUT2D eigenvalue weighted by Gasteiger charge is -2.34. The van der Waals surface area contributed by atoms with Crippen molar-refractivity contribution >= 4 is 29.3 Å². The summed E-state index contributed by atoms with van der Waals surface area (Å²) >= 11 is 1.72. The monoisotopic (exact) mass is 366 g/mol. The second-order valence-electron chi connectivity index (χ2n) is 6.98. The topological polar surface area (TPSA) is 49.4 Å². The van der Waals surface area contributed by atoms with Gasteiger partial charge in [0.1, 0.15) is 10.9 Å². The van der Waals surface area contributed by atoms with Crippen LogP contribution in [0, 0.1) is 13.8 Å². The molecule has 2 aliphatic rings. The number of aryl methyl sites for hydroxylation is 1. The van der Waals surface area contributed by atoms with Crippen molar-refractivity contribution in [3.05, 3.63) is 65.2 Å². The van der Waals surface area contributed by atoms with Gasteiger partial charge in [0.2, 0.25) is 11.8 Å². The Balaban J connectivity index is 1.63. The van der Waals surface area contributed by atoms with E-state index >= 15 is 0 Å². The van der Waals surface area contributed by atoms with Crippen molar-refractivity contribution < 1.29 is 9.59 Å². The van der Waals surface area contributed by atoms with Crippen molar-refractivity contribution in [2.45, 2.75) is 37.6 Å². The first-order valence-electron chi connectivity index (χ1n) is 8.92. The van der Waals surface area contributed by atoms with Crippen LogP contribution in [0.1, 0.15) is 29.5 Å². The lowest BCUT2D eigenvalue weighted by molar-refractivity contribution is -0.136. The third kappa shape index (κ3) is 2.62. The SMILES string of the molecule is Cc1cccc(NC(=O)[C@H]2CS[C@@]3(c4ccccc4)CCC(=O)N23)c1C. The number of rotatable bonds is 3.